The molecule has 0 aliphatic heterocycles. The van der Waals surface area contributed by atoms with Gasteiger partial charge in [-0.1, -0.05) is 22.9 Å². The summed E-state index contributed by atoms with van der Waals surface area (Å²) in [5, 5.41) is 0. The highest BCUT2D eigenvalue weighted by atomic mass is 79.9. The Labute approximate surface area is 110 Å². The summed E-state index contributed by atoms with van der Waals surface area (Å²) in [4.78, 5) is 0. The molecule has 0 saturated carbocycles. The maximum atomic E-state index is 13.6. The first-order valence-corrected chi connectivity index (χ1v) is 6.68. The van der Waals surface area contributed by atoms with Crippen LogP contribution in [0.15, 0.2) is 22.7 Å². The molecular weight excluding hydrogens is 285 g/mol. The quantitative estimate of drug-likeness (QED) is 0.875. The van der Waals surface area contributed by atoms with E-state index >= 15 is 0 Å². The monoisotopic (exact) mass is 303 g/mol. The van der Waals surface area contributed by atoms with E-state index in [4.69, 9.17) is 10.5 Å². The summed E-state index contributed by atoms with van der Waals surface area (Å²) in [6.45, 7) is 4.60. The molecule has 2 N–H and O–H groups in total. The van der Waals surface area contributed by atoms with Gasteiger partial charge in [0.25, 0.3) is 0 Å². The lowest BCUT2D eigenvalue weighted by Crippen LogP contribution is -2.38. The maximum absolute atomic E-state index is 13.6. The van der Waals surface area contributed by atoms with Crippen LogP contribution in [0.5, 0.6) is 0 Å². The SMILES string of the molecule is CCOC(CC)C(N)Cc1cc(Br)ccc1F. The fourth-order valence-corrected chi connectivity index (χ4v) is 2.25. The molecule has 4 heteroatoms. The molecule has 0 amide bonds. The summed E-state index contributed by atoms with van der Waals surface area (Å²) in [6, 6.07) is 4.73. The van der Waals surface area contributed by atoms with Crippen molar-refractivity contribution in [3.05, 3.63) is 34.1 Å². The highest BCUT2D eigenvalue weighted by Crippen LogP contribution is 2.18. The van der Waals surface area contributed by atoms with Crippen LogP contribution in [0, 0.1) is 5.82 Å². The van der Waals surface area contributed by atoms with Gasteiger partial charge in [0.2, 0.25) is 0 Å². The third-order valence-electron chi connectivity index (χ3n) is 2.72. The average molecular weight is 304 g/mol. The third kappa shape index (κ3) is 4.37. The van der Waals surface area contributed by atoms with Crippen molar-refractivity contribution >= 4 is 15.9 Å². The topological polar surface area (TPSA) is 35.2 Å². The molecule has 0 radical (unpaired) electrons. The number of nitrogens with two attached hydrogens (primary N) is 1. The predicted octanol–water partition coefficient (Wildman–Crippen LogP) is 3.27. The van der Waals surface area contributed by atoms with Crippen molar-refractivity contribution in [2.45, 2.75) is 38.8 Å². The van der Waals surface area contributed by atoms with E-state index in [1.807, 2.05) is 13.8 Å². The van der Waals surface area contributed by atoms with Crippen LogP contribution < -0.4 is 5.73 Å². The zero-order valence-corrected chi connectivity index (χ0v) is 11.8. The number of hydrogen-bond acceptors (Lipinski definition) is 2. The minimum Gasteiger partial charge on any atom is -0.377 e. The molecule has 2 unspecified atom stereocenters. The molecule has 1 aromatic rings. The lowest BCUT2D eigenvalue weighted by atomic mass is 10.00. The first-order chi connectivity index (χ1) is 8.08. The first kappa shape index (κ1) is 14.6. The molecular formula is C13H19BrFNO. The number of benzene rings is 1. The number of rotatable bonds is 6. The maximum Gasteiger partial charge on any atom is 0.126 e. The summed E-state index contributed by atoms with van der Waals surface area (Å²) in [5.74, 6) is -0.213. The zero-order chi connectivity index (χ0) is 12.8. The van der Waals surface area contributed by atoms with Gasteiger partial charge in [0.15, 0.2) is 0 Å². The Morgan fingerprint density at radius 1 is 1.41 bits per heavy atom. The van der Waals surface area contributed by atoms with Crippen molar-refractivity contribution in [1.82, 2.24) is 0 Å². The molecule has 1 rings (SSSR count). The van der Waals surface area contributed by atoms with E-state index in [0.29, 0.717) is 18.6 Å². The third-order valence-corrected chi connectivity index (χ3v) is 3.22. The van der Waals surface area contributed by atoms with Crippen LogP contribution >= 0.6 is 15.9 Å². The molecule has 2 nitrogen and oxygen atoms in total. The van der Waals surface area contributed by atoms with Gasteiger partial charge < -0.3 is 10.5 Å². The molecule has 0 aromatic heterocycles. The Morgan fingerprint density at radius 2 is 2.12 bits per heavy atom. The largest absolute Gasteiger partial charge is 0.377 e. The summed E-state index contributed by atoms with van der Waals surface area (Å²) in [7, 11) is 0. The highest BCUT2D eigenvalue weighted by Gasteiger charge is 2.18. The first-order valence-electron chi connectivity index (χ1n) is 5.89. The molecule has 17 heavy (non-hydrogen) atoms. The van der Waals surface area contributed by atoms with Gasteiger partial charge in [0.05, 0.1) is 6.10 Å². The van der Waals surface area contributed by atoms with Crippen molar-refractivity contribution < 1.29 is 9.13 Å². The Kier molecular flexibility index (Phi) is 6.09. The second kappa shape index (κ2) is 7.09. The molecule has 0 saturated heterocycles. The fourth-order valence-electron chi connectivity index (χ4n) is 1.84. The van der Waals surface area contributed by atoms with Crippen molar-refractivity contribution in [3.8, 4) is 0 Å². The Hall–Kier alpha value is -0.450. The normalized spacial score (nSPS) is 14.6. The van der Waals surface area contributed by atoms with Crippen LogP contribution in [0.1, 0.15) is 25.8 Å². The second-order valence-electron chi connectivity index (χ2n) is 4.01. The molecule has 0 fully saturated rings. The summed E-state index contributed by atoms with van der Waals surface area (Å²) < 4.78 is 20.0. The molecule has 0 aliphatic rings. The standard InChI is InChI=1S/C13H19BrFNO/c1-3-13(17-4-2)12(16)8-9-7-10(14)5-6-11(9)15/h5-7,12-13H,3-4,8,16H2,1-2H3. The van der Waals surface area contributed by atoms with Crippen LogP contribution in [0.25, 0.3) is 0 Å². The van der Waals surface area contributed by atoms with Gasteiger partial charge in [-0.2, -0.15) is 0 Å². The predicted molar refractivity (Wildman–Crippen MR) is 71.5 cm³/mol. The fraction of sp³-hybridized carbons (Fsp3) is 0.538. The van der Waals surface area contributed by atoms with E-state index in [9.17, 15) is 4.39 Å². The van der Waals surface area contributed by atoms with Crippen LogP contribution in [0.3, 0.4) is 0 Å². The Bertz CT molecular complexity index is 359. The number of hydrogen-bond donors (Lipinski definition) is 1. The Balaban J connectivity index is 2.72. The molecule has 2 atom stereocenters. The highest BCUT2D eigenvalue weighted by molar-refractivity contribution is 9.10. The summed E-state index contributed by atoms with van der Waals surface area (Å²) in [5.41, 5.74) is 6.69. The molecule has 96 valence electrons. The summed E-state index contributed by atoms with van der Waals surface area (Å²) in [6.07, 6.45) is 1.31. The lowest BCUT2D eigenvalue weighted by Gasteiger charge is -2.22. The van der Waals surface area contributed by atoms with Crippen molar-refractivity contribution in [3.63, 3.8) is 0 Å². The van der Waals surface area contributed by atoms with E-state index in [2.05, 4.69) is 15.9 Å². The van der Waals surface area contributed by atoms with E-state index in [-0.39, 0.29) is 18.0 Å². The van der Waals surface area contributed by atoms with Gasteiger partial charge in [-0.25, -0.2) is 4.39 Å². The van der Waals surface area contributed by atoms with Gasteiger partial charge in [-0.3, -0.25) is 0 Å². The lowest BCUT2D eigenvalue weighted by molar-refractivity contribution is 0.0415. The van der Waals surface area contributed by atoms with Crippen molar-refractivity contribution in [2.75, 3.05) is 6.61 Å². The second-order valence-corrected chi connectivity index (χ2v) is 4.92. The van der Waals surface area contributed by atoms with Gasteiger partial charge in [0, 0.05) is 17.1 Å². The van der Waals surface area contributed by atoms with E-state index in [1.165, 1.54) is 6.07 Å². The van der Waals surface area contributed by atoms with Gasteiger partial charge in [-0.05, 0) is 43.5 Å². The van der Waals surface area contributed by atoms with Crippen LogP contribution in [-0.4, -0.2) is 18.8 Å². The van der Waals surface area contributed by atoms with Crippen molar-refractivity contribution in [1.29, 1.82) is 0 Å². The molecule has 0 heterocycles. The van der Waals surface area contributed by atoms with Gasteiger partial charge >= 0.3 is 0 Å². The van der Waals surface area contributed by atoms with Crippen LogP contribution in [0.2, 0.25) is 0 Å². The van der Waals surface area contributed by atoms with E-state index in [1.54, 1.807) is 12.1 Å². The van der Waals surface area contributed by atoms with Gasteiger partial charge in [-0.15, -0.1) is 0 Å². The molecule has 0 spiro atoms. The van der Waals surface area contributed by atoms with Crippen molar-refractivity contribution in [2.24, 2.45) is 5.73 Å². The average Bonchev–Trinajstić information content (AvgIpc) is 2.30. The molecule has 0 aliphatic carbocycles. The van der Waals surface area contributed by atoms with Crippen LogP contribution in [-0.2, 0) is 11.2 Å². The molecule has 1 aromatic carbocycles. The van der Waals surface area contributed by atoms with E-state index < -0.39 is 0 Å². The number of ether oxygens (including phenoxy) is 1. The summed E-state index contributed by atoms with van der Waals surface area (Å²) >= 11 is 3.33. The van der Waals surface area contributed by atoms with Gasteiger partial charge in [0.1, 0.15) is 5.82 Å². The van der Waals surface area contributed by atoms with E-state index in [0.717, 1.165) is 10.9 Å². The van der Waals surface area contributed by atoms with Crippen LogP contribution in [0.4, 0.5) is 4.39 Å². The molecule has 0 bridgehead atoms. The number of halogens is 2. The zero-order valence-electron chi connectivity index (χ0n) is 10.2. The Morgan fingerprint density at radius 3 is 2.71 bits per heavy atom. The smallest absolute Gasteiger partial charge is 0.126 e. The minimum absolute atomic E-state index is 0.0154. The minimum atomic E-state index is -0.213.